The summed E-state index contributed by atoms with van der Waals surface area (Å²) in [6.45, 7) is 7.92. The third-order valence-electron chi connectivity index (χ3n) is 4.98. The van der Waals surface area contributed by atoms with Gasteiger partial charge in [-0.15, -0.1) is 0 Å². The Hall–Kier alpha value is 0.270. The van der Waals surface area contributed by atoms with Crippen LogP contribution in [0.15, 0.2) is 0 Å². The van der Waals surface area contributed by atoms with Crippen LogP contribution in [0.1, 0.15) is 38.5 Å². The topological polar surface area (TPSA) is 21.8 Å². The van der Waals surface area contributed by atoms with Crippen molar-refractivity contribution in [1.29, 1.82) is 0 Å². The first-order chi connectivity index (χ1) is 8.88. The van der Waals surface area contributed by atoms with Crippen LogP contribution in [0.5, 0.6) is 0 Å². The summed E-state index contributed by atoms with van der Waals surface area (Å²) in [6.07, 6.45) is 8.41. The van der Waals surface area contributed by atoms with Gasteiger partial charge in [0.05, 0.1) is 0 Å². The Morgan fingerprint density at radius 2 is 0.889 bits per heavy atom. The zero-order chi connectivity index (χ0) is 12.4. The molecule has 0 aromatic heterocycles. The third-order valence-corrected chi connectivity index (χ3v) is 9.63. The van der Waals surface area contributed by atoms with Crippen LogP contribution in [0.25, 0.3) is 0 Å². The van der Waals surface area contributed by atoms with Gasteiger partial charge >= 0.3 is 112 Å². The Kier molecular flexibility index (Phi) is 4.21. The Bertz CT molecular complexity index is 227. The molecule has 0 bridgehead atoms. The predicted molar refractivity (Wildman–Crippen MR) is 79.8 cm³/mol. The average molecular weight is 272 g/mol. The molecule has 0 radical (unpaired) electrons. The molecule has 3 aliphatic rings. The number of rotatable bonds is 4. The van der Waals surface area contributed by atoms with Gasteiger partial charge in [-0.1, -0.05) is 0 Å². The van der Waals surface area contributed by atoms with Crippen molar-refractivity contribution < 1.29 is 0 Å². The van der Waals surface area contributed by atoms with Crippen molar-refractivity contribution in [3.63, 3.8) is 0 Å². The zero-order valence-corrected chi connectivity index (χ0v) is 12.8. The van der Waals surface area contributed by atoms with Gasteiger partial charge in [0, 0.05) is 0 Å². The average Bonchev–Trinajstić information content (AvgIpc) is 3.16. The Morgan fingerprint density at radius 1 is 0.611 bits per heavy atom. The van der Waals surface area contributed by atoms with Crippen molar-refractivity contribution in [2.24, 2.45) is 0 Å². The molecule has 3 heterocycles. The predicted octanol–water partition coefficient (Wildman–Crippen LogP) is 1.90. The van der Waals surface area contributed by atoms with E-state index in [9.17, 15) is 0 Å². The van der Waals surface area contributed by atoms with Gasteiger partial charge in [0.1, 0.15) is 0 Å². The van der Waals surface area contributed by atoms with E-state index in [1.54, 1.807) is 0 Å². The van der Waals surface area contributed by atoms with E-state index in [4.69, 9.17) is 0 Å². The van der Waals surface area contributed by atoms with Crippen molar-refractivity contribution in [2.45, 2.75) is 38.5 Å². The number of nitrogens with zero attached hydrogens (tertiary/aromatic N) is 3. The van der Waals surface area contributed by atoms with Gasteiger partial charge in [-0.2, -0.15) is 0 Å². The van der Waals surface area contributed by atoms with Crippen molar-refractivity contribution in [1.82, 2.24) is 19.1 Å². The molecular weight excluding hydrogens is 243 g/mol. The molecule has 5 heteroatoms. The molecule has 4 nitrogen and oxygen atoms in total. The fourth-order valence-electron chi connectivity index (χ4n) is 4.16. The maximum absolute atomic E-state index is 3.86. The van der Waals surface area contributed by atoms with Crippen LogP contribution < -0.4 is 5.09 Å². The van der Waals surface area contributed by atoms with E-state index in [0.717, 1.165) is 0 Å². The van der Waals surface area contributed by atoms with Gasteiger partial charge in [0.25, 0.3) is 0 Å². The fourth-order valence-corrected chi connectivity index (χ4v) is 9.13. The molecule has 18 heavy (non-hydrogen) atoms. The number of hydrogen-bond donors (Lipinski definition) is 1. The molecule has 0 unspecified atom stereocenters. The summed E-state index contributed by atoms with van der Waals surface area (Å²) in [5.41, 5.74) is 0. The van der Waals surface area contributed by atoms with Crippen LogP contribution in [0.4, 0.5) is 0 Å². The molecule has 0 spiro atoms. The minimum atomic E-state index is -1.72. The summed E-state index contributed by atoms with van der Waals surface area (Å²) in [5, 5.41) is 3.86. The molecule has 0 aliphatic carbocycles. The fraction of sp³-hybridized carbons (Fsp3) is 1.00. The Labute approximate surface area is 112 Å². The van der Waals surface area contributed by atoms with Crippen LogP contribution in [-0.2, 0) is 0 Å². The maximum atomic E-state index is 3.86. The molecule has 3 aliphatic heterocycles. The molecule has 3 rings (SSSR count). The van der Waals surface area contributed by atoms with Gasteiger partial charge in [0.2, 0.25) is 0 Å². The molecular formula is C13H29N4P. The van der Waals surface area contributed by atoms with Crippen molar-refractivity contribution in [3.05, 3.63) is 0 Å². The first-order valence-corrected chi connectivity index (χ1v) is 9.66. The van der Waals surface area contributed by atoms with E-state index < -0.39 is 7.87 Å². The summed E-state index contributed by atoms with van der Waals surface area (Å²) in [4.78, 5) is 0. The van der Waals surface area contributed by atoms with Gasteiger partial charge < -0.3 is 0 Å². The molecule has 3 saturated heterocycles. The molecule has 0 aromatic carbocycles. The summed E-state index contributed by atoms with van der Waals surface area (Å²) in [6, 6.07) is 0. The molecule has 3 fully saturated rings. The van der Waals surface area contributed by atoms with Gasteiger partial charge in [-0.05, 0) is 0 Å². The normalized spacial score (nSPS) is 29.4. The molecule has 106 valence electrons. The standard InChI is InChI=1S/C13H29N4P/c1-14-18(15-8-2-3-9-15,16-10-4-5-11-16)17-12-6-7-13-17/h14,18H,2-13H2,1H3. The van der Waals surface area contributed by atoms with E-state index >= 15 is 0 Å². The Balaban J connectivity index is 1.87. The Morgan fingerprint density at radius 3 is 1.11 bits per heavy atom. The minimum absolute atomic E-state index is 1.32. The number of hydrogen-bond acceptors (Lipinski definition) is 4. The van der Waals surface area contributed by atoms with Crippen LogP contribution in [0.2, 0.25) is 0 Å². The van der Waals surface area contributed by atoms with Crippen molar-refractivity contribution in [2.75, 3.05) is 46.3 Å². The first-order valence-electron chi connectivity index (χ1n) is 7.82. The van der Waals surface area contributed by atoms with Crippen LogP contribution in [0.3, 0.4) is 0 Å². The van der Waals surface area contributed by atoms with E-state index in [2.05, 4.69) is 26.1 Å². The van der Waals surface area contributed by atoms with Gasteiger partial charge in [-0.3, -0.25) is 0 Å². The van der Waals surface area contributed by atoms with E-state index in [0.29, 0.717) is 0 Å². The molecule has 0 saturated carbocycles. The second-order valence-electron chi connectivity index (χ2n) is 5.97. The summed E-state index contributed by atoms with van der Waals surface area (Å²) < 4.78 is 8.51. The summed E-state index contributed by atoms with van der Waals surface area (Å²) in [7, 11) is 0.503. The van der Waals surface area contributed by atoms with Crippen LogP contribution in [0, 0.1) is 0 Å². The molecule has 1 N–H and O–H groups in total. The first kappa shape index (κ1) is 13.3. The van der Waals surface area contributed by atoms with Crippen molar-refractivity contribution >= 4 is 7.87 Å². The summed E-state index contributed by atoms with van der Waals surface area (Å²) in [5.74, 6) is 0. The monoisotopic (exact) mass is 272 g/mol. The van der Waals surface area contributed by atoms with E-state index in [-0.39, 0.29) is 0 Å². The second-order valence-corrected chi connectivity index (χ2v) is 9.64. The number of nitrogens with one attached hydrogen (secondary N) is 1. The van der Waals surface area contributed by atoms with Gasteiger partial charge in [0.15, 0.2) is 0 Å². The zero-order valence-electron chi connectivity index (χ0n) is 11.8. The van der Waals surface area contributed by atoms with E-state index in [1.807, 2.05) is 0 Å². The quantitative estimate of drug-likeness (QED) is 0.789. The van der Waals surface area contributed by atoms with E-state index in [1.165, 1.54) is 77.8 Å². The molecule has 0 amide bonds. The van der Waals surface area contributed by atoms with Crippen LogP contribution in [-0.4, -0.2) is 60.3 Å². The molecule has 0 aromatic rings. The summed E-state index contributed by atoms with van der Waals surface area (Å²) >= 11 is 0. The third kappa shape index (κ3) is 2.12. The second kappa shape index (κ2) is 5.72. The van der Waals surface area contributed by atoms with Gasteiger partial charge in [-0.25, -0.2) is 0 Å². The SMILES string of the molecule is CN[PH](N1CCCC1)(N1CCCC1)N1CCCC1. The van der Waals surface area contributed by atoms with Crippen LogP contribution >= 0.6 is 7.87 Å². The van der Waals surface area contributed by atoms with Crippen molar-refractivity contribution in [3.8, 4) is 0 Å². The molecule has 0 atom stereocenters.